The minimum atomic E-state index is -0.453. The van der Waals surface area contributed by atoms with E-state index in [1.165, 1.54) is 21.3 Å². The molecule has 84 valence electrons. The van der Waals surface area contributed by atoms with Crippen molar-refractivity contribution in [3.05, 3.63) is 57.5 Å². The Morgan fingerprint density at radius 2 is 2.12 bits per heavy atom. The van der Waals surface area contributed by atoms with Crippen molar-refractivity contribution < 1.29 is 4.39 Å². The molecule has 3 nitrogen and oxygen atoms in total. The number of aromatic nitrogens is 2. The van der Waals surface area contributed by atoms with Gasteiger partial charge in [-0.25, -0.2) is 9.18 Å². The van der Waals surface area contributed by atoms with Crippen molar-refractivity contribution in [2.75, 3.05) is 0 Å². The Morgan fingerprint density at radius 1 is 1.38 bits per heavy atom. The van der Waals surface area contributed by atoms with Crippen molar-refractivity contribution in [1.82, 2.24) is 9.13 Å². The monoisotopic (exact) mass is 240 g/mol. The summed E-state index contributed by atoms with van der Waals surface area (Å²) in [6, 6.07) is 4.43. The molecule has 0 aliphatic heterocycles. The number of hydrogen-bond acceptors (Lipinski definition) is 1. The number of aryl methyl sites for hydroxylation is 1. The molecule has 0 saturated heterocycles. The van der Waals surface area contributed by atoms with Crippen LogP contribution in [0.15, 0.2) is 35.4 Å². The van der Waals surface area contributed by atoms with Gasteiger partial charge < -0.3 is 4.57 Å². The predicted octanol–water partition coefficient (Wildman–Crippen LogP) is 2.03. The van der Waals surface area contributed by atoms with Crippen LogP contribution in [0.3, 0.4) is 0 Å². The van der Waals surface area contributed by atoms with E-state index in [4.69, 9.17) is 11.6 Å². The topological polar surface area (TPSA) is 26.9 Å². The molecule has 0 amide bonds. The van der Waals surface area contributed by atoms with Crippen LogP contribution >= 0.6 is 11.6 Å². The van der Waals surface area contributed by atoms with Gasteiger partial charge >= 0.3 is 5.69 Å². The summed E-state index contributed by atoms with van der Waals surface area (Å²) in [5.41, 5.74) is 0.681. The highest BCUT2D eigenvalue weighted by molar-refractivity contribution is 6.30. The molecule has 2 aromatic rings. The molecule has 1 aromatic carbocycles. The fourth-order valence-electron chi connectivity index (χ4n) is 1.47. The van der Waals surface area contributed by atoms with Gasteiger partial charge in [0.2, 0.25) is 0 Å². The van der Waals surface area contributed by atoms with Crippen LogP contribution in [-0.2, 0) is 13.6 Å². The van der Waals surface area contributed by atoms with Gasteiger partial charge in [-0.1, -0.05) is 17.7 Å². The highest BCUT2D eigenvalue weighted by Gasteiger charge is 2.04. The Bertz CT molecular complexity index is 574. The first kappa shape index (κ1) is 11.0. The maximum absolute atomic E-state index is 12.9. The molecular weight excluding hydrogens is 231 g/mol. The second-order valence-electron chi connectivity index (χ2n) is 3.57. The van der Waals surface area contributed by atoms with E-state index in [-0.39, 0.29) is 10.7 Å². The van der Waals surface area contributed by atoms with Crippen molar-refractivity contribution in [1.29, 1.82) is 0 Å². The summed E-state index contributed by atoms with van der Waals surface area (Å²) in [5, 5.41) is 0.0708. The van der Waals surface area contributed by atoms with E-state index >= 15 is 0 Å². The lowest BCUT2D eigenvalue weighted by Gasteiger charge is -2.03. The molecule has 0 saturated carbocycles. The Morgan fingerprint density at radius 3 is 2.69 bits per heavy atom. The summed E-state index contributed by atoms with van der Waals surface area (Å²) in [6.45, 7) is 0.389. The smallest absolute Gasteiger partial charge is 0.302 e. The number of hydrogen-bond donors (Lipinski definition) is 0. The number of nitrogens with zero attached hydrogens (tertiary/aromatic N) is 2. The van der Waals surface area contributed by atoms with Gasteiger partial charge in [-0.2, -0.15) is 0 Å². The van der Waals surface area contributed by atoms with Crippen LogP contribution in [0, 0.1) is 5.82 Å². The molecule has 0 aliphatic carbocycles. The van der Waals surface area contributed by atoms with Crippen LogP contribution in [0.5, 0.6) is 0 Å². The fourth-order valence-corrected chi connectivity index (χ4v) is 1.67. The fraction of sp³-hybridized carbons (Fsp3) is 0.182. The average Bonchev–Trinajstić information content (AvgIpc) is 2.55. The summed E-state index contributed by atoms with van der Waals surface area (Å²) >= 11 is 5.66. The van der Waals surface area contributed by atoms with Crippen molar-refractivity contribution in [2.24, 2.45) is 7.05 Å². The molecule has 2 rings (SSSR count). The SMILES string of the molecule is Cn1ccn(Cc2ccc(F)c(Cl)c2)c1=O. The Labute approximate surface area is 96.7 Å². The average molecular weight is 241 g/mol. The van der Waals surface area contributed by atoms with E-state index in [1.807, 2.05) is 0 Å². The molecule has 0 N–H and O–H groups in total. The first-order valence-electron chi connectivity index (χ1n) is 4.73. The summed E-state index contributed by atoms with van der Waals surface area (Å²) in [7, 11) is 1.68. The third kappa shape index (κ3) is 2.02. The molecule has 0 atom stereocenters. The Hall–Kier alpha value is -1.55. The van der Waals surface area contributed by atoms with Gasteiger partial charge in [0, 0.05) is 19.4 Å². The van der Waals surface area contributed by atoms with E-state index in [0.717, 1.165) is 5.56 Å². The standard InChI is InChI=1S/C11H10ClFN2O/c1-14-4-5-15(11(14)16)7-8-2-3-10(13)9(12)6-8/h2-6H,7H2,1H3. The van der Waals surface area contributed by atoms with Gasteiger partial charge in [0.05, 0.1) is 11.6 Å². The predicted molar refractivity (Wildman–Crippen MR) is 60.2 cm³/mol. The Kier molecular flexibility index (Phi) is 2.83. The largest absolute Gasteiger partial charge is 0.328 e. The van der Waals surface area contributed by atoms with Crippen molar-refractivity contribution in [3.8, 4) is 0 Å². The lowest BCUT2D eigenvalue weighted by molar-refractivity contribution is 0.626. The van der Waals surface area contributed by atoms with Gasteiger partial charge in [-0.05, 0) is 17.7 Å². The molecule has 0 unspecified atom stereocenters. The van der Waals surface area contributed by atoms with E-state index in [9.17, 15) is 9.18 Å². The zero-order chi connectivity index (χ0) is 11.7. The van der Waals surface area contributed by atoms with E-state index in [2.05, 4.69) is 0 Å². The molecule has 1 heterocycles. The first-order valence-corrected chi connectivity index (χ1v) is 5.11. The quantitative estimate of drug-likeness (QED) is 0.789. The van der Waals surface area contributed by atoms with Crippen LogP contribution in [-0.4, -0.2) is 9.13 Å². The molecule has 0 aliphatic rings. The summed E-state index contributed by atoms with van der Waals surface area (Å²) in [6.07, 6.45) is 3.35. The lowest BCUT2D eigenvalue weighted by Crippen LogP contribution is -2.22. The first-order chi connectivity index (χ1) is 7.58. The van der Waals surface area contributed by atoms with Gasteiger partial charge in [0.15, 0.2) is 0 Å². The number of imidazole rings is 1. The molecule has 0 bridgehead atoms. The van der Waals surface area contributed by atoms with Crippen molar-refractivity contribution >= 4 is 11.6 Å². The third-order valence-corrected chi connectivity index (χ3v) is 2.64. The summed E-state index contributed by atoms with van der Waals surface area (Å²) in [4.78, 5) is 11.5. The number of halogens is 2. The lowest BCUT2D eigenvalue weighted by atomic mass is 10.2. The second kappa shape index (κ2) is 4.14. The number of rotatable bonds is 2. The molecule has 0 radical (unpaired) electrons. The van der Waals surface area contributed by atoms with E-state index in [0.29, 0.717) is 6.54 Å². The van der Waals surface area contributed by atoms with E-state index in [1.54, 1.807) is 25.5 Å². The van der Waals surface area contributed by atoms with Gasteiger partial charge in [0.1, 0.15) is 5.82 Å². The Balaban J connectivity index is 2.31. The minimum Gasteiger partial charge on any atom is -0.302 e. The zero-order valence-electron chi connectivity index (χ0n) is 8.65. The summed E-state index contributed by atoms with van der Waals surface area (Å²) < 4.78 is 15.9. The summed E-state index contributed by atoms with van der Waals surface area (Å²) in [5.74, 6) is -0.453. The highest BCUT2D eigenvalue weighted by Crippen LogP contribution is 2.16. The maximum atomic E-state index is 12.9. The second-order valence-corrected chi connectivity index (χ2v) is 3.98. The maximum Gasteiger partial charge on any atom is 0.328 e. The van der Waals surface area contributed by atoms with Gasteiger partial charge in [0.25, 0.3) is 0 Å². The van der Waals surface area contributed by atoms with Crippen LogP contribution in [0.4, 0.5) is 4.39 Å². The van der Waals surface area contributed by atoms with Crippen LogP contribution < -0.4 is 5.69 Å². The molecule has 1 aromatic heterocycles. The molecular formula is C11H10ClFN2O. The van der Waals surface area contributed by atoms with Gasteiger partial charge in [-0.15, -0.1) is 0 Å². The zero-order valence-corrected chi connectivity index (χ0v) is 9.41. The third-order valence-electron chi connectivity index (χ3n) is 2.35. The molecule has 5 heteroatoms. The van der Waals surface area contributed by atoms with Crippen LogP contribution in [0.25, 0.3) is 0 Å². The van der Waals surface area contributed by atoms with Crippen LogP contribution in [0.1, 0.15) is 5.56 Å². The number of benzene rings is 1. The molecule has 16 heavy (non-hydrogen) atoms. The highest BCUT2D eigenvalue weighted by atomic mass is 35.5. The van der Waals surface area contributed by atoms with Crippen molar-refractivity contribution in [3.63, 3.8) is 0 Å². The van der Waals surface area contributed by atoms with Gasteiger partial charge in [-0.3, -0.25) is 4.57 Å². The minimum absolute atomic E-state index is 0.0708. The normalized spacial score (nSPS) is 10.7. The van der Waals surface area contributed by atoms with Crippen LogP contribution in [0.2, 0.25) is 5.02 Å². The molecule has 0 spiro atoms. The van der Waals surface area contributed by atoms with E-state index < -0.39 is 5.82 Å². The molecule has 0 fully saturated rings. The van der Waals surface area contributed by atoms with Crippen molar-refractivity contribution in [2.45, 2.75) is 6.54 Å².